The first-order chi connectivity index (χ1) is 9.95. The van der Waals surface area contributed by atoms with Crippen molar-refractivity contribution in [1.29, 1.82) is 0 Å². The van der Waals surface area contributed by atoms with Crippen LogP contribution in [0.15, 0.2) is 24.3 Å². The van der Waals surface area contributed by atoms with Crippen molar-refractivity contribution in [2.45, 2.75) is 26.2 Å². The Morgan fingerprint density at radius 1 is 1.52 bits per heavy atom. The summed E-state index contributed by atoms with van der Waals surface area (Å²) < 4.78 is 0. The fourth-order valence-electron chi connectivity index (χ4n) is 3.17. The normalized spacial score (nSPS) is 20.0. The highest BCUT2D eigenvalue weighted by molar-refractivity contribution is 6.30. The van der Waals surface area contributed by atoms with E-state index in [2.05, 4.69) is 24.9 Å². The Kier molecular flexibility index (Phi) is 5.65. The van der Waals surface area contributed by atoms with Gasteiger partial charge in [0.25, 0.3) is 0 Å². The minimum atomic E-state index is 0.201. The Hall–Kier alpha value is -1.06. The zero-order valence-electron chi connectivity index (χ0n) is 13.2. The fraction of sp³-hybridized carbons (Fsp3) is 0.588. The van der Waals surface area contributed by atoms with Crippen LogP contribution in [0.5, 0.6) is 0 Å². The molecule has 2 rings (SSSR count). The Balaban J connectivity index is 1.82. The van der Waals surface area contributed by atoms with Crippen molar-refractivity contribution in [2.24, 2.45) is 5.92 Å². The number of amides is 1. The van der Waals surface area contributed by atoms with Gasteiger partial charge in [-0.25, -0.2) is 0 Å². The van der Waals surface area contributed by atoms with Gasteiger partial charge in [0, 0.05) is 38.1 Å². The Morgan fingerprint density at radius 3 is 2.90 bits per heavy atom. The van der Waals surface area contributed by atoms with Gasteiger partial charge in [-0.1, -0.05) is 30.7 Å². The molecule has 1 amide bonds. The predicted octanol–water partition coefficient (Wildman–Crippen LogP) is 3.24. The molecule has 0 aromatic heterocycles. The fourth-order valence-corrected chi connectivity index (χ4v) is 3.37. The van der Waals surface area contributed by atoms with Gasteiger partial charge in [0.15, 0.2) is 0 Å². The topological polar surface area (TPSA) is 23.6 Å². The number of likely N-dealkylation sites (tertiary alicyclic amines) is 1. The number of carbonyl (C=O) groups excluding carboxylic acids is 1. The zero-order chi connectivity index (χ0) is 15.4. The first-order valence-corrected chi connectivity index (χ1v) is 8.03. The molecule has 2 atom stereocenters. The molecule has 1 saturated heterocycles. The molecular weight excluding hydrogens is 284 g/mol. The zero-order valence-corrected chi connectivity index (χ0v) is 13.9. The van der Waals surface area contributed by atoms with Crippen molar-refractivity contribution >= 4 is 17.5 Å². The lowest BCUT2D eigenvalue weighted by Crippen LogP contribution is -2.32. The summed E-state index contributed by atoms with van der Waals surface area (Å²) in [5.41, 5.74) is 1.28. The van der Waals surface area contributed by atoms with E-state index in [1.165, 1.54) is 5.56 Å². The van der Waals surface area contributed by atoms with Gasteiger partial charge in [0.2, 0.25) is 5.91 Å². The monoisotopic (exact) mass is 308 g/mol. The summed E-state index contributed by atoms with van der Waals surface area (Å²) in [5.74, 6) is 1.26. The number of rotatable bonds is 5. The van der Waals surface area contributed by atoms with E-state index in [-0.39, 0.29) is 5.91 Å². The van der Waals surface area contributed by atoms with Crippen molar-refractivity contribution in [3.8, 4) is 0 Å². The maximum absolute atomic E-state index is 11.4. The molecule has 0 aliphatic carbocycles. The van der Waals surface area contributed by atoms with E-state index >= 15 is 0 Å². The van der Waals surface area contributed by atoms with Crippen molar-refractivity contribution in [3.05, 3.63) is 34.9 Å². The lowest BCUT2D eigenvalue weighted by atomic mass is 10.00. The van der Waals surface area contributed by atoms with Crippen molar-refractivity contribution < 1.29 is 4.79 Å². The smallest absolute Gasteiger partial charge is 0.219 e. The molecule has 0 saturated carbocycles. The van der Waals surface area contributed by atoms with Gasteiger partial charge >= 0.3 is 0 Å². The summed E-state index contributed by atoms with van der Waals surface area (Å²) in [7, 11) is 2.16. The molecule has 4 heteroatoms. The summed E-state index contributed by atoms with van der Waals surface area (Å²) in [6.07, 6.45) is 1.12. The van der Waals surface area contributed by atoms with Crippen LogP contribution in [0, 0.1) is 5.92 Å². The number of hydrogen-bond acceptors (Lipinski definition) is 2. The van der Waals surface area contributed by atoms with Crippen LogP contribution in [0.3, 0.4) is 0 Å². The number of hydrogen-bond donors (Lipinski definition) is 0. The van der Waals surface area contributed by atoms with E-state index in [0.29, 0.717) is 11.8 Å². The molecular formula is C17H25ClN2O. The van der Waals surface area contributed by atoms with Crippen molar-refractivity contribution in [2.75, 3.05) is 33.2 Å². The summed E-state index contributed by atoms with van der Waals surface area (Å²) >= 11 is 6.06. The van der Waals surface area contributed by atoms with Crippen LogP contribution in [0.4, 0.5) is 0 Å². The quantitative estimate of drug-likeness (QED) is 0.833. The molecule has 0 unspecified atom stereocenters. The van der Waals surface area contributed by atoms with Crippen LogP contribution in [0.1, 0.15) is 31.7 Å². The molecule has 0 N–H and O–H groups in total. The van der Waals surface area contributed by atoms with Gasteiger partial charge in [0.1, 0.15) is 0 Å². The number of nitrogens with zero attached hydrogens (tertiary/aromatic N) is 2. The van der Waals surface area contributed by atoms with E-state index in [0.717, 1.165) is 37.6 Å². The molecule has 1 aliphatic rings. The number of halogens is 1. The third kappa shape index (κ3) is 4.72. The maximum atomic E-state index is 11.4. The second-order valence-corrected chi connectivity index (χ2v) is 6.73. The lowest BCUT2D eigenvalue weighted by molar-refractivity contribution is -0.127. The van der Waals surface area contributed by atoms with Crippen LogP contribution in [0.2, 0.25) is 5.02 Å². The minimum Gasteiger partial charge on any atom is -0.343 e. The summed E-state index contributed by atoms with van der Waals surface area (Å²) in [4.78, 5) is 15.7. The summed E-state index contributed by atoms with van der Waals surface area (Å²) in [6, 6.07) is 8.11. The first kappa shape index (κ1) is 16.3. The molecule has 3 nitrogen and oxygen atoms in total. The van der Waals surface area contributed by atoms with Gasteiger partial charge in [-0.05, 0) is 43.0 Å². The van der Waals surface area contributed by atoms with Gasteiger partial charge in [-0.15, -0.1) is 0 Å². The highest BCUT2D eigenvalue weighted by Crippen LogP contribution is 2.22. The molecule has 1 aliphatic heterocycles. The molecule has 1 fully saturated rings. The summed E-state index contributed by atoms with van der Waals surface area (Å²) in [5, 5.41) is 0.801. The number of carbonyl (C=O) groups is 1. The molecule has 1 aromatic rings. The second-order valence-electron chi connectivity index (χ2n) is 6.30. The Labute approximate surface area is 132 Å². The molecule has 116 valence electrons. The van der Waals surface area contributed by atoms with Gasteiger partial charge in [-0.3, -0.25) is 4.79 Å². The van der Waals surface area contributed by atoms with Gasteiger partial charge < -0.3 is 9.80 Å². The molecule has 0 bridgehead atoms. The largest absolute Gasteiger partial charge is 0.343 e. The lowest BCUT2D eigenvalue weighted by Gasteiger charge is -2.24. The SMILES string of the molecule is CC(=O)N1CC[C@@H](CN(C)C[C@@H](C)c2cccc(Cl)c2)C1. The van der Waals surface area contributed by atoms with Crippen LogP contribution in [-0.2, 0) is 4.79 Å². The van der Waals surface area contributed by atoms with E-state index in [1.807, 2.05) is 23.1 Å². The van der Waals surface area contributed by atoms with E-state index in [1.54, 1.807) is 6.92 Å². The van der Waals surface area contributed by atoms with Crippen molar-refractivity contribution in [3.63, 3.8) is 0 Å². The standard InChI is InChI=1S/C17H25ClN2O/c1-13(16-5-4-6-17(18)9-16)10-19(3)11-15-7-8-20(12-15)14(2)21/h4-6,9,13,15H,7-8,10-12H2,1-3H3/t13-,15+/m1/s1. The molecule has 21 heavy (non-hydrogen) atoms. The van der Waals surface area contributed by atoms with E-state index < -0.39 is 0 Å². The van der Waals surface area contributed by atoms with Gasteiger partial charge in [-0.2, -0.15) is 0 Å². The van der Waals surface area contributed by atoms with Gasteiger partial charge in [0.05, 0.1) is 0 Å². The second kappa shape index (κ2) is 7.28. The molecule has 0 spiro atoms. The average Bonchev–Trinajstić information content (AvgIpc) is 2.87. The molecule has 1 aromatic carbocycles. The molecule has 0 radical (unpaired) electrons. The van der Waals surface area contributed by atoms with Crippen LogP contribution in [-0.4, -0.2) is 48.9 Å². The van der Waals surface area contributed by atoms with Crippen molar-refractivity contribution in [1.82, 2.24) is 9.80 Å². The highest BCUT2D eigenvalue weighted by atomic mass is 35.5. The van der Waals surface area contributed by atoms with E-state index in [9.17, 15) is 4.79 Å². The van der Waals surface area contributed by atoms with Crippen LogP contribution >= 0.6 is 11.6 Å². The highest BCUT2D eigenvalue weighted by Gasteiger charge is 2.25. The third-order valence-corrected chi connectivity index (χ3v) is 4.54. The Bertz CT molecular complexity index is 491. The summed E-state index contributed by atoms with van der Waals surface area (Å²) in [6.45, 7) is 7.78. The predicted molar refractivity (Wildman–Crippen MR) is 87.7 cm³/mol. The minimum absolute atomic E-state index is 0.201. The van der Waals surface area contributed by atoms with Crippen LogP contribution < -0.4 is 0 Å². The Morgan fingerprint density at radius 2 is 2.29 bits per heavy atom. The molecule has 1 heterocycles. The third-order valence-electron chi connectivity index (χ3n) is 4.30. The first-order valence-electron chi connectivity index (χ1n) is 7.65. The number of likely N-dealkylation sites (N-methyl/N-ethyl adjacent to an activating group) is 1. The van der Waals surface area contributed by atoms with Crippen LogP contribution in [0.25, 0.3) is 0 Å². The number of benzene rings is 1. The van der Waals surface area contributed by atoms with E-state index in [4.69, 9.17) is 11.6 Å². The maximum Gasteiger partial charge on any atom is 0.219 e. The average molecular weight is 309 g/mol.